The number of carbonyl (C=O) groups is 4. The van der Waals surface area contributed by atoms with Crippen molar-refractivity contribution >= 4 is 45.2 Å². The van der Waals surface area contributed by atoms with Gasteiger partial charge in [0.05, 0.1) is 23.7 Å². The molecule has 3 aromatic rings. The Labute approximate surface area is 204 Å². The molecule has 1 unspecified atom stereocenters. The normalized spacial score (nSPS) is 15.4. The van der Waals surface area contributed by atoms with Crippen molar-refractivity contribution in [2.45, 2.75) is 19.0 Å². The van der Waals surface area contributed by atoms with Gasteiger partial charge in [-0.1, -0.05) is 34.1 Å². The highest BCUT2D eigenvalue weighted by molar-refractivity contribution is 9.10. The molecule has 2 amide bonds. The highest BCUT2D eigenvalue weighted by Gasteiger charge is 2.39. The highest BCUT2D eigenvalue weighted by Crippen LogP contribution is 2.24. The third kappa shape index (κ3) is 5.44. The predicted octanol–water partition coefficient (Wildman–Crippen LogP) is 3.31. The van der Waals surface area contributed by atoms with Gasteiger partial charge in [0, 0.05) is 29.0 Å². The van der Waals surface area contributed by atoms with E-state index >= 15 is 0 Å². The maximum Gasteiger partial charge on any atom is 0.338 e. The van der Waals surface area contributed by atoms with E-state index < -0.39 is 18.6 Å². The molecule has 34 heavy (non-hydrogen) atoms. The van der Waals surface area contributed by atoms with Crippen molar-refractivity contribution in [2.24, 2.45) is 0 Å². The van der Waals surface area contributed by atoms with Gasteiger partial charge in [0.15, 0.2) is 12.4 Å². The molecule has 172 valence electrons. The van der Waals surface area contributed by atoms with Gasteiger partial charge < -0.3 is 10.1 Å². The number of pyridine rings is 1. The zero-order chi connectivity index (χ0) is 24.1. The number of Topliss-reactive ketones (excluding diaryl/α,β-unsaturated/α-hetero) is 1. The number of esters is 1. The van der Waals surface area contributed by atoms with Crippen molar-refractivity contribution in [1.82, 2.24) is 10.3 Å². The molecule has 0 spiro atoms. The van der Waals surface area contributed by atoms with Crippen LogP contribution in [0.3, 0.4) is 0 Å². The summed E-state index contributed by atoms with van der Waals surface area (Å²) in [4.78, 5) is 54.9. The van der Waals surface area contributed by atoms with Crippen LogP contribution >= 0.6 is 15.9 Å². The molecule has 0 saturated carbocycles. The standard InChI is InChI=1S/C25H20BrN3O5/c26-19-7-3-17(4-8-19)22(30)15-34-25(33)18-5-9-20(10-6-18)29-23(31)12-21(24(29)32)28-14-16-2-1-11-27-13-16/h1-11,13,21,28H,12,14-15H2. The Kier molecular flexibility index (Phi) is 7.24. The summed E-state index contributed by atoms with van der Waals surface area (Å²) in [6, 6.07) is 15.7. The largest absolute Gasteiger partial charge is 0.454 e. The molecule has 4 rings (SSSR count). The van der Waals surface area contributed by atoms with Crippen LogP contribution in [0.2, 0.25) is 0 Å². The number of imide groups is 1. The summed E-state index contributed by atoms with van der Waals surface area (Å²) in [6.45, 7) is 0.0186. The van der Waals surface area contributed by atoms with Crippen molar-refractivity contribution in [3.63, 3.8) is 0 Å². The molecule has 2 heterocycles. The Balaban J connectivity index is 1.34. The second kappa shape index (κ2) is 10.5. The second-order valence-corrected chi connectivity index (χ2v) is 8.54. The average Bonchev–Trinajstić information content (AvgIpc) is 3.15. The first kappa shape index (κ1) is 23.5. The summed E-state index contributed by atoms with van der Waals surface area (Å²) in [7, 11) is 0. The number of rotatable bonds is 8. The van der Waals surface area contributed by atoms with Gasteiger partial charge in [0.25, 0.3) is 5.91 Å². The van der Waals surface area contributed by atoms with Crippen LogP contribution in [0.15, 0.2) is 77.5 Å². The van der Waals surface area contributed by atoms with Gasteiger partial charge in [-0.2, -0.15) is 0 Å². The molecule has 0 bridgehead atoms. The molecular formula is C25H20BrN3O5. The van der Waals surface area contributed by atoms with E-state index in [-0.39, 0.29) is 29.6 Å². The third-order valence-electron chi connectivity index (χ3n) is 5.28. The minimum atomic E-state index is -0.674. The summed E-state index contributed by atoms with van der Waals surface area (Å²) in [5, 5.41) is 3.09. The van der Waals surface area contributed by atoms with Gasteiger partial charge in [-0.25, -0.2) is 9.69 Å². The second-order valence-electron chi connectivity index (χ2n) is 7.62. The number of benzene rings is 2. The third-order valence-corrected chi connectivity index (χ3v) is 5.81. The van der Waals surface area contributed by atoms with Crippen LogP contribution in [-0.4, -0.2) is 41.2 Å². The summed E-state index contributed by atoms with van der Waals surface area (Å²) >= 11 is 3.30. The summed E-state index contributed by atoms with van der Waals surface area (Å²) in [5.74, 6) is -1.68. The zero-order valence-corrected chi connectivity index (χ0v) is 19.5. The molecule has 1 saturated heterocycles. The predicted molar refractivity (Wildman–Crippen MR) is 127 cm³/mol. The lowest BCUT2D eigenvalue weighted by molar-refractivity contribution is -0.121. The zero-order valence-electron chi connectivity index (χ0n) is 17.9. The van der Waals surface area contributed by atoms with Gasteiger partial charge in [-0.05, 0) is 48.0 Å². The smallest absolute Gasteiger partial charge is 0.338 e. The minimum absolute atomic E-state index is 0.0427. The molecule has 1 aliphatic heterocycles. The van der Waals surface area contributed by atoms with Crippen molar-refractivity contribution in [2.75, 3.05) is 11.5 Å². The highest BCUT2D eigenvalue weighted by atomic mass is 79.9. The van der Waals surface area contributed by atoms with Crippen molar-refractivity contribution in [1.29, 1.82) is 0 Å². The van der Waals surface area contributed by atoms with Crippen LogP contribution in [0, 0.1) is 0 Å². The van der Waals surface area contributed by atoms with Crippen LogP contribution < -0.4 is 10.2 Å². The molecule has 1 aliphatic rings. The van der Waals surface area contributed by atoms with Crippen LogP contribution in [0.4, 0.5) is 5.69 Å². The summed E-state index contributed by atoms with van der Waals surface area (Å²) in [6.07, 6.45) is 3.40. The number of anilines is 1. The van der Waals surface area contributed by atoms with E-state index in [1.165, 1.54) is 24.3 Å². The molecule has 0 radical (unpaired) electrons. The number of hydrogen-bond donors (Lipinski definition) is 1. The van der Waals surface area contributed by atoms with Gasteiger partial charge in [0.1, 0.15) is 0 Å². The Morgan fingerprint density at radius 1 is 1.03 bits per heavy atom. The van der Waals surface area contributed by atoms with Gasteiger partial charge in [-0.15, -0.1) is 0 Å². The Morgan fingerprint density at radius 3 is 2.41 bits per heavy atom. The first-order valence-electron chi connectivity index (χ1n) is 10.5. The fourth-order valence-corrected chi connectivity index (χ4v) is 3.75. The molecule has 1 aromatic heterocycles. The van der Waals surface area contributed by atoms with Crippen LogP contribution in [-0.2, 0) is 20.9 Å². The average molecular weight is 522 g/mol. The van der Waals surface area contributed by atoms with Crippen molar-refractivity contribution in [3.8, 4) is 0 Å². The Bertz CT molecular complexity index is 1210. The van der Waals surface area contributed by atoms with Crippen LogP contribution in [0.25, 0.3) is 0 Å². The Hall–Kier alpha value is -3.69. The fraction of sp³-hybridized carbons (Fsp3) is 0.160. The van der Waals surface area contributed by atoms with Gasteiger partial charge in [-0.3, -0.25) is 19.4 Å². The molecule has 1 fully saturated rings. The number of ketones is 1. The minimum Gasteiger partial charge on any atom is -0.454 e. The first-order chi connectivity index (χ1) is 16.4. The Morgan fingerprint density at radius 2 is 1.74 bits per heavy atom. The molecular weight excluding hydrogens is 502 g/mol. The van der Waals surface area contributed by atoms with E-state index in [4.69, 9.17) is 4.74 Å². The SMILES string of the molecule is O=C(COC(=O)c1ccc(N2C(=O)CC(NCc3cccnc3)C2=O)cc1)c1ccc(Br)cc1. The lowest BCUT2D eigenvalue weighted by atomic mass is 10.1. The van der Waals surface area contributed by atoms with Gasteiger partial charge in [0.2, 0.25) is 5.91 Å². The van der Waals surface area contributed by atoms with E-state index in [1.54, 1.807) is 42.7 Å². The van der Waals surface area contributed by atoms with Crippen molar-refractivity contribution < 1.29 is 23.9 Å². The number of ether oxygens (including phenoxy) is 1. The molecule has 1 atom stereocenters. The first-order valence-corrected chi connectivity index (χ1v) is 11.3. The maximum absolute atomic E-state index is 12.8. The van der Waals surface area contributed by atoms with E-state index in [9.17, 15) is 19.2 Å². The molecule has 1 N–H and O–H groups in total. The summed E-state index contributed by atoms with van der Waals surface area (Å²) in [5.41, 5.74) is 1.91. The van der Waals surface area contributed by atoms with Crippen LogP contribution in [0.5, 0.6) is 0 Å². The number of nitrogens with zero attached hydrogens (tertiary/aromatic N) is 2. The number of aromatic nitrogens is 1. The molecule has 0 aliphatic carbocycles. The number of carbonyl (C=O) groups excluding carboxylic acids is 4. The quantitative estimate of drug-likeness (QED) is 0.275. The molecule has 9 heteroatoms. The number of halogens is 1. The fourth-order valence-electron chi connectivity index (χ4n) is 3.49. The maximum atomic E-state index is 12.8. The van der Waals surface area contributed by atoms with E-state index in [0.29, 0.717) is 17.8 Å². The summed E-state index contributed by atoms with van der Waals surface area (Å²) < 4.78 is 5.95. The van der Waals surface area contributed by atoms with Crippen LogP contribution in [0.1, 0.15) is 32.7 Å². The van der Waals surface area contributed by atoms with Crippen molar-refractivity contribution in [3.05, 3.63) is 94.2 Å². The van der Waals surface area contributed by atoms with E-state index in [0.717, 1.165) is 14.9 Å². The van der Waals surface area contributed by atoms with E-state index in [2.05, 4.69) is 26.2 Å². The van der Waals surface area contributed by atoms with Gasteiger partial charge >= 0.3 is 5.97 Å². The lowest BCUT2D eigenvalue weighted by Gasteiger charge is -2.16. The topological polar surface area (TPSA) is 106 Å². The van der Waals surface area contributed by atoms with E-state index in [1.807, 2.05) is 6.07 Å². The number of nitrogens with one attached hydrogen (secondary N) is 1. The molecule has 2 aromatic carbocycles. The number of hydrogen-bond acceptors (Lipinski definition) is 7. The monoisotopic (exact) mass is 521 g/mol. The lowest BCUT2D eigenvalue weighted by Crippen LogP contribution is -2.38. The number of amides is 2. The molecule has 8 nitrogen and oxygen atoms in total.